The summed E-state index contributed by atoms with van der Waals surface area (Å²) in [5.41, 5.74) is 4.12. The Morgan fingerprint density at radius 2 is 1.62 bits per heavy atom. The number of likely N-dealkylation sites (N-methyl/N-ethyl adjacent to an activating group) is 1. The van der Waals surface area contributed by atoms with E-state index in [1.54, 1.807) is 12.1 Å². The average molecular weight is 460 g/mol. The highest BCUT2D eigenvalue weighted by Crippen LogP contribution is 2.23. The van der Waals surface area contributed by atoms with Crippen LogP contribution in [0.5, 0.6) is 0 Å². The van der Waals surface area contributed by atoms with Crippen LogP contribution in [0.4, 0.5) is 5.69 Å². The molecule has 0 aliphatic heterocycles. The Bertz CT molecular complexity index is 1060. The van der Waals surface area contributed by atoms with Crippen molar-refractivity contribution in [1.29, 1.82) is 0 Å². The number of benzene rings is 2. The van der Waals surface area contributed by atoms with E-state index in [1.165, 1.54) is 11.9 Å². The Morgan fingerprint density at radius 3 is 2.12 bits per heavy atom. The number of carbonyl (C=O) groups excluding carboxylic acids is 2. The van der Waals surface area contributed by atoms with Gasteiger partial charge in [0.1, 0.15) is 12.6 Å². The molecule has 2 rings (SSSR count). The molecule has 2 aromatic rings. The molecule has 2 amide bonds. The fourth-order valence-corrected chi connectivity index (χ4v) is 4.60. The fourth-order valence-electron chi connectivity index (χ4n) is 3.77. The van der Waals surface area contributed by atoms with Crippen molar-refractivity contribution in [2.24, 2.45) is 0 Å². The largest absolute Gasteiger partial charge is 0.357 e. The van der Waals surface area contributed by atoms with E-state index in [1.807, 2.05) is 58.0 Å². The van der Waals surface area contributed by atoms with Gasteiger partial charge in [-0.15, -0.1) is 0 Å². The van der Waals surface area contributed by atoms with Crippen LogP contribution in [-0.4, -0.2) is 51.0 Å². The van der Waals surface area contributed by atoms with Gasteiger partial charge in [-0.25, -0.2) is 8.42 Å². The number of hydrogen-bond donors (Lipinski definition) is 1. The second-order valence-corrected chi connectivity index (χ2v) is 10.0. The zero-order chi connectivity index (χ0) is 24.1. The molecule has 0 radical (unpaired) electrons. The number of amides is 2. The van der Waals surface area contributed by atoms with E-state index in [-0.39, 0.29) is 19.0 Å². The molecule has 2 aromatic carbocycles. The van der Waals surface area contributed by atoms with Crippen molar-refractivity contribution in [2.45, 2.75) is 46.7 Å². The van der Waals surface area contributed by atoms with E-state index < -0.39 is 22.0 Å². The zero-order valence-electron chi connectivity index (χ0n) is 19.7. The molecule has 0 aliphatic rings. The molecule has 0 unspecified atom stereocenters. The molecule has 0 heterocycles. The highest BCUT2D eigenvalue weighted by molar-refractivity contribution is 7.92. The van der Waals surface area contributed by atoms with Gasteiger partial charge in [-0.3, -0.25) is 13.9 Å². The summed E-state index contributed by atoms with van der Waals surface area (Å²) in [5.74, 6) is -0.722. The fraction of sp³-hybridized carbons (Fsp3) is 0.417. The predicted molar refractivity (Wildman–Crippen MR) is 128 cm³/mol. The Balaban J connectivity index is 2.48. The first-order valence-electron chi connectivity index (χ1n) is 10.6. The maximum Gasteiger partial charge on any atom is 0.244 e. The molecule has 0 aromatic heterocycles. The summed E-state index contributed by atoms with van der Waals surface area (Å²) >= 11 is 0. The second kappa shape index (κ2) is 10.6. The van der Waals surface area contributed by atoms with Crippen LogP contribution in [0.25, 0.3) is 0 Å². The summed E-state index contributed by atoms with van der Waals surface area (Å²) in [7, 11) is -2.21. The van der Waals surface area contributed by atoms with Crippen molar-refractivity contribution in [3.05, 3.63) is 64.7 Å². The maximum absolute atomic E-state index is 13.5. The molecule has 1 atom stereocenters. The first kappa shape index (κ1) is 25.4. The third-order valence-electron chi connectivity index (χ3n) is 5.41. The monoisotopic (exact) mass is 459 g/mol. The van der Waals surface area contributed by atoms with E-state index in [0.717, 1.165) is 32.8 Å². The van der Waals surface area contributed by atoms with Crippen LogP contribution < -0.4 is 9.62 Å². The number of anilines is 1. The minimum Gasteiger partial charge on any atom is -0.357 e. The number of nitrogens with one attached hydrogen (secondary N) is 1. The van der Waals surface area contributed by atoms with Crippen LogP contribution in [0.1, 0.15) is 35.6 Å². The topological polar surface area (TPSA) is 86.8 Å². The lowest BCUT2D eigenvalue weighted by atomic mass is 10.1. The van der Waals surface area contributed by atoms with E-state index in [9.17, 15) is 18.0 Å². The average Bonchev–Trinajstić information content (AvgIpc) is 2.71. The number of nitrogens with zero attached hydrogens (tertiary/aromatic N) is 2. The molecule has 1 N–H and O–H groups in total. The summed E-state index contributed by atoms with van der Waals surface area (Å²) in [6.07, 6.45) is 1.49. The van der Waals surface area contributed by atoms with Crippen LogP contribution in [0, 0.1) is 20.8 Å². The zero-order valence-corrected chi connectivity index (χ0v) is 20.5. The SMILES string of the molecule is CC[C@H](C(=O)NC)N(Cc1ccccc1C)C(=O)CN(c1cc(C)cc(C)c1)S(C)(=O)=O. The Hall–Kier alpha value is -2.87. The lowest BCUT2D eigenvalue weighted by Gasteiger charge is -2.33. The van der Waals surface area contributed by atoms with E-state index in [4.69, 9.17) is 0 Å². The number of carbonyl (C=O) groups is 2. The smallest absolute Gasteiger partial charge is 0.244 e. The first-order valence-corrected chi connectivity index (χ1v) is 12.4. The predicted octanol–water partition coefficient (Wildman–Crippen LogP) is 2.93. The molecule has 0 saturated carbocycles. The molecule has 0 bridgehead atoms. The molecule has 0 fully saturated rings. The summed E-state index contributed by atoms with van der Waals surface area (Å²) in [4.78, 5) is 27.6. The van der Waals surface area contributed by atoms with Crippen LogP contribution in [0.2, 0.25) is 0 Å². The standard InChI is InChI=1S/C24H33N3O4S/c1-7-22(24(29)25-5)26(15-20-11-9-8-10-19(20)4)23(28)16-27(32(6,30)31)21-13-17(2)12-18(3)14-21/h8-14,22H,7,15-16H2,1-6H3,(H,25,29)/t22-/m1/s1. The van der Waals surface area contributed by atoms with Gasteiger partial charge in [-0.2, -0.15) is 0 Å². The van der Waals surface area contributed by atoms with Crippen molar-refractivity contribution in [1.82, 2.24) is 10.2 Å². The number of sulfonamides is 1. The van der Waals surface area contributed by atoms with Gasteiger partial charge in [0.2, 0.25) is 21.8 Å². The summed E-state index contributed by atoms with van der Waals surface area (Å²) < 4.78 is 26.4. The van der Waals surface area contributed by atoms with E-state index >= 15 is 0 Å². The van der Waals surface area contributed by atoms with Crippen molar-refractivity contribution in [2.75, 3.05) is 24.2 Å². The lowest BCUT2D eigenvalue weighted by molar-refractivity contribution is -0.140. The summed E-state index contributed by atoms with van der Waals surface area (Å²) in [5, 5.41) is 2.62. The van der Waals surface area contributed by atoms with Crippen LogP contribution in [0.15, 0.2) is 42.5 Å². The quantitative estimate of drug-likeness (QED) is 0.625. The molecule has 7 nitrogen and oxygen atoms in total. The van der Waals surface area contributed by atoms with Gasteiger partial charge in [0.05, 0.1) is 11.9 Å². The summed E-state index contributed by atoms with van der Waals surface area (Å²) in [6.45, 7) is 7.35. The minimum absolute atomic E-state index is 0.210. The minimum atomic E-state index is -3.73. The Morgan fingerprint density at radius 1 is 1.03 bits per heavy atom. The Kier molecular flexibility index (Phi) is 8.44. The normalized spacial score (nSPS) is 12.2. The van der Waals surface area contributed by atoms with Crippen LogP contribution in [0.3, 0.4) is 0 Å². The van der Waals surface area contributed by atoms with Gasteiger partial charge in [0.25, 0.3) is 0 Å². The molecule has 32 heavy (non-hydrogen) atoms. The van der Waals surface area contributed by atoms with Crippen molar-refractivity contribution in [3.8, 4) is 0 Å². The van der Waals surface area contributed by atoms with Crippen LogP contribution in [-0.2, 0) is 26.2 Å². The summed E-state index contributed by atoms with van der Waals surface area (Å²) in [6, 6.07) is 12.3. The molecule has 174 valence electrons. The van der Waals surface area contributed by atoms with E-state index in [2.05, 4.69) is 5.32 Å². The van der Waals surface area contributed by atoms with Crippen molar-refractivity contribution < 1.29 is 18.0 Å². The Labute approximate surface area is 191 Å². The highest BCUT2D eigenvalue weighted by Gasteiger charge is 2.31. The third kappa shape index (κ3) is 6.32. The lowest BCUT2D eigenvalue weighted by Crippen LogP contribution is -2.51. The van der Waals surface area contributed by atoms with Crippen molar-refractivity contribution >= 4 is 27.5 Å². The third-order valence-corrected chi connectivity index (χ3v) is 6.55. The first-order chi connectivity index (χ1) is 15.0. The highest BCUT2D eigenvalue weighted by atomic mass is 32.2. The number of aryl methyl sites for hydroxylation is 3. The number of hydrogen-bond acceptors (Lipinski definition) is 4. The van der Waals surface area contributed by atoms with Crippen LogP contribution >= 0.6 is 0 Å². The van der Waals surface area contributed by atoms with Gasteiger partial charge in [0.15, 0.2) is 0 Å². The van der Waals surface area contributed by atoms with Gasteiger partial charge >= 0.3 is 0 Å². The number of rotatable bonds is 9. The van der Waals surface area contributed by atoms with E-state index in [0.29, 0.717) is 12.1 Å². The van der Waals surface area contributed by atoms with Gasteiger partial charge < -0.3 is 10.2 Å². The molecule has 0 spiro atoms. The molecular weight excluding hydrogens is 426 g/mol. The second-order valence-electron chi connectivity index (χ2n) is 8.10. The molecule has 0 aliphatic carbocycles. The molecule has 0 saturated heterocycles. The van der Waals surface area contributed by atoms with Gasteiger partial charge in [-0.05, 0) is 61.6 Å². The molecular formula is C24H33N3O4S. The molecule has 8 heteroatoms. The van der Waals surface area contributed by atoms with Gasteiger partial charge in [0, 0.05) is 13.6 Å². The van der Waals surface area contributed by atoms with Gasteiger partial charge in [-0.1, -0.05) is 37.3 Å². The maximum atomic E-state index is 13.5. The van der Waals surface area contributed by atoms with Crippen molar-refractivity contribution in [3.63, 3.8) is 0 Å².